The van der Waals surface area contributed by atoms with Crippen LogP contribution in [0.1, 0.15) is 17.5 Å². The van der Waals surface area contributed by atoms with Crippen molar-refractivity contribution in [1.29, 1.82) is 0 Å². The minimum absolute atomic E-state index is 0.0968. The summed E-state index contributed by atoms with van der Waals surface area (Å²) in [6, 6.07) is 10.2. The normalized spacial score (nSPS) is 12.4. The van der Waals surface area contributed by atoms with Gasteiger partial charge in [-0.1, -0.05) is 30.3 Å². The first kappa shape index (κ1) is 13.5. The van der Waals surface area contributed by atoms with Gasteiger partial charge in [-0.25, -0.2) is 17.6 Å². The Bertz CT molecular complexity index is 557. The number of alkyl halides is 1. The maximum atomic E-state index is 13.6. The first-order chi connectivity index (χ1) is 9.09. The highest BCUT2D eigenvalue weighted by Crippen LogP contribution is 2.26. The van der Waals surface area contributed by atoms with Crippen LogP contribution in [-0.2, 0) is 11.3 Å². The molecule has 2 aromatic carbocycles. The lowest BCUT2D eigenvalue weighted by atomic mass is 10.2. The van der Waals surface area contributed by atoms with Crippen molar-refractivity contribution >= 4 is 0 Å². The number of hydrogen-bond acceptors (Lipinski definition) is 1. The molecular formula is C14H10F4O. The third-order valence-electron chi connectivity index (χ3n) is 2.55. The second kappa shape index (κ2) is 5.84. The van der Waals surface area contributed by atoms with Gasteiger partial charge in [0.05, 0.1) is 12.2 Å². The first-order valence-electron chi connectivity index (χ1n) is 5.52. The fraction of sp³-hybridized carbons (Fsp3) is 0.143. The molecule has 0 saturated carbocycles. The second-order valence-electron chi connectivity index (χ2n) is 3.88. The Morgan fingerprint density at radius 2 is 1.58 bits per heavy atom. The van der Waals surface area contributed by atoms with Gasteiger partial charge >= 0.3 is 0 Å². The molecule has 0 N–H and O–H groups in total. The van der Waals surface area contributed by atoms with E-state index in [2.05, 4.69) is 0 Å². The maximum absolute atomic E-state index is 13.6. The third kappa shape index (κ3) is 3.12. The lowest BCUT2D eigenvalue weighted by Crippen LogP contribution is -2.04. The quantitative estimate of drug-likeness (QED) is 0.595. The van der Waals surface area contributed by atoms with E-state index in [9.17, 15) is 17.6 Å². The number of hydrogen-bond donors (Lipinski definition) is 0. The van der Waals surface area contributed by atoms with E-state index >= 15 is 0 Å². The molecule has 0 aromatic heterocycles. The van der Waals surface area contributed by atoms with Crippen LogP contribution in [0.4, 0.5) is 17.6 Å². The lowest BCUT2D eigenvalue weighted by Gasteiger charge is -2.11. The summed E-state index contributed by atoms with van der Waals surface area (Å²) in [5, 5.41) is 0. The average Bonchev–Trinajstić information content (AvgIpc) is 2.43. The van der Waals surface area contributed by atoms with Crippen molar-refractivity contribution in [2.75, 3.05) is 0 Å². The largest absolute Gasteiger partial charge is 0.340 e. The first-order valence-corrected chi connectivity index (χ1v) is 5.52. The molecule has 100 valence electrons. The van der Waals surface area contributed by atoms with Crippen LogP contribution in [0.25, 0.3) is 0 Å². The van der Waals surface area contributed by atoms with Crippen molar-refractivity contribution in [2.24, 2.45) is 0 Å². The van der Waals surface area contributed by atoms with E-state index in [-0.39, 0.29) is 6.61 Å². The summed E-state index contributed by atoms with van der Waals surface area (Å²) in [6.07, 6.45) is -2.16. The summed E-state index contributed by atoms with van der Waals surface area (Å²) >= 11 is 0. The fourth-order valence-corrected chi connectivity index (χ4v) is 1.55. The molecule has 0 amide bonds. The Hall–Kier alpha value is -1.88. The van der Waals surface area contributed by atoms with Gasteiger partial charge in [0, 0.05) is 0 Å². The van der Waals surface area contributed by atoms with Gasteiger partial charge in [0.25, 0.3) is 0 Å². The van der Waals surface area contributed by atoms with Gasteiger partial charge < -0.3 is 4.74 Å². The molecule has 0 fully saturated rings. The number of ether oxygens (including phenoxy) is 1. The Kier molecular flexibility index (Phi) is 4.16. The summed E-state index contributed by atoms with van der Waals surface area (Å²) in [7, 11) is 0. The zero-order valence-corrected chi connectivity index (χ0v) is 9.75. The van der Waals surface area contributed by atoms with Crippen molar-refractivity contribution < 1.29 is 22.3 Å². The van der Waals surface area contributed by atoms with E-state index in [0.29, 0.717) is 11.6 Å². The van der Waals surface area contributed by atoms with E-state index in [0.717, 1.165) is 6.07 Å². The van der Waals surface area contributed by atoms with Crippen molar-refractivity contribution in [3.8, 4) is 0 Å². The van der Waals surface area contributed by atoms with E-state index in [1.54, 1.807) is 30.3 Å². The van der Waals surface area contributed by atoms with Gasteiger partial charge in [-0.3, -0.25) is 0 Å². The standard InChI is InChI=1S/C14H10F4O/c15-11-7-6-10(12(16)13(11)17)14(18)19-8-9-4-2-1-3-5-9/h1-7,14H,8H2. The molecule has 2 aromatic rings. The van der Waals surface area contributed by atoms with Crippen LogP contribution in [0.3, 0.4) is 0 Å². The molecule has 0 radical (unpaired) electrons. The molecule has 2 rings (SSSR count). The molecule has 1 atom stereocenters. The zero-order valence-electron chi connectivity index (χ0n) is 9.75. The SMILES string of the molecule is Fc1ccc(C(F)OCc2ccccc2)c(F)c1F. The van der Waals surface area contributed by atoms with E-state index in [4.69, 9.17) is 4.74 Å². The van der Waals surface area contributed by atoms with E-state index < -0.39 is 29.4 Å². The van der Waals surface area contributed by atoms with Crippen LogP contribution in [0.2, 0.25) is 0 Å². The third-order valence-corrected chi connectivity index (χ3v) is 2.55. The summed E-state index contributed by atoms with van der Waals surface area (Å²) in [6.45, 7) is -0.0968. The molecule has 0 aliphatic heterocycles. The molecule has 0 aliphatic carbocycles. The topological polar surface area (TPSA) is 9.23 Å². The van der Waals surface area contributed by atoms with Crippen LogP contribution >= 0.6 is 0 Å². The highest BCUT2D eigenvalue weighted by molar-refractivity contribution is 5.21. The molecule has 0 heterocycles. The predicted molar refractivity (Wildman–Crippen MR) is 61.4 cm³/mol. The Balaban J connectivity index is 2.08. The molecule has 0 bridgehead atoms. The summed E-state index contributed by atoms with van der Waals surface area (Å²) in [4.78, 5) is 0. The van der Waals surface area contributed by atoms with Crippen LogP contribution in [0, 0.1) is 17.5 Å². The number of rotatable bonds is 4. The summed E-state index contributed by atoms with van der Waals surface area (Å²) < 4.78 is 57.4. The average molecular weight is 270 g/mol. The molecule has 19 heavy (non-hydrogen) atoms. The van der Waals surface area contributed by atoms with Gasteiger partial charge in [0.2, 0.25) is 6.36 Å². The van der Waals surface area contributed by atoms with E-state index in [1.807, 2.05) is 0 Å². The van der Waals surface area contributed by atoms with Crippen molar-refractivity contribution in [3.05, 3.63) is 71.0 Å². The fourth-order valence-electron chi connectivity index (χ4n) is 1.55. The molecule has 0 spiro atoms. The van der Waals surface area contributed by atoms with Crippen molar-refractivity contribution in [1.82, 2.24) is 0 Å². The molecule has 5 heteroatoms. The smallest absolute Gasteiger partial charge is 0.228 e. The minimum atomic E-state index is -2.16. The highest BCUT2D eigenvalue weighted by Gasteiger charge is 2.20. The number of benzene rings is 2. The van der Waals surface area contributed by atoms with Gasteiger partial charge in [-0.15, -0.1) is 0 Å². The zero-order chi connectivity index (χ0) is 13.8. The van der Waals surface area contributed by atoms with Gasteiger partial charge in [-0.05, 0) is 17.7 Å². The van der Waals surface area contributed by atoms with Gasteiger partial charge in [-0.2, -0.15) is 0 Å². The molecule has 1 unspecified atom stereocenters. The van der Waals surface area contributed by atoms with Crippen molar-refractivity contribution in [2.45, 2.75) is 13.0 Å². The van der Waals surface area contributed by atoms with Crippen LogP contribution in [0.5, 0.6) is 0 Å². The maximum Gasteiger partial charge on any atom is 0.228 e. The van der Waals surface area contributed by atoms with Gasteiger partial charge in [0.15, 0.2) is 17.5 Å². The molecule has 0 saturated heterocycles. The Labute approximate surface area is 107 Å². The summed E-state index contributed by atoms with van der Waals surface area (Å²) in [5.41, 5.74) is 0.0305. The monoisotopic (exact) mass is 270 g/mol. The highest BCUT2D eigenvalue weighted by atomic mass is 19.2. The number of halogens is 4. The van der Waals surface area contributed by atoms with Crippen LogP contribution in [-0.4, -0.2) is 0 Å². The Morgan fingerprint density at radius 1 is 0.895 bits per heavy atom. The molecule has 0 aliphatic rings. The Morgan fingerprint density at radius 3 is 2.26 bits per heavy atom. The lowest BCUT2D eigenvalue weighted by molar-refractivity contribution is -0.0540. The second-order valence-corrected chi connectivity index (χ2v) is 3.88. The van der Waals surface area contributed by atoms with E-state index in [1.165, 1.54) is 0 Å². The van der Waals surface area contributed by atoms with Crippen molar-refractivity contribution in [3.63, 3.8) is 0 Å². The van der Waals surface area contributed by atoms with Crippen LogP contribution in [0.15, 0.2) is 42.5 Å². The summed E-state index contributed by atoms with van der Waals surface area (Å²) in [5.74, 6) is -4.64. The van der Waals surface area contributed by atoms with Gasteiger partial charge in [0.1, 0.15) is 0 Å². The van der Waals surface area contributed by atoms with Crippen LogP contribution < -0.4 is 0 Å². The molecular weight excluding hydrogens is 260 g/mol. The predicted octanol–water partition coefficient (Wildman–Crippen LogP) is 4.29. The minimum Gasteiger partial charge on any atom is -0.340 e. The molecule has 1 nitrogen and oxygen atoms in total.